The molecule has 0 aromatic rings. The molecule has 18 heavy (non-hydrogen) atoms. The Labute approximate surface area is 130 Å². The van der Waals surface area contributed by atoms with E-state index in [2.05, 4.69) is 11.1 Å². The molecule has 0 fully saturated rings. The van der Waals surface area contributed by atoms with E-state index in [4.69, 9.17) is 15.0 Å². The number of hydrogen-bond acceptors (Lipinski definition) is 5. The Bertz CT molecular complexity index is 287. The molecule has 0 amide bonds. The number of rotatable bonds is 7. The normalized spacial score (nSPS) is 11.7. The first kappa shape index (κ1) is 23.2. The van der Waals surface area contributed by atoms with Crippen LogP contribution < -0.4 is 29.6 Å². The molecule has 0 radical (unpaired) electrons. The van der Waals surface area contributed by atoms with Gasteiger partial charge in [-0.1, -0.05) is 32.6 Å². The summed E-state index contributed by atoms with van der Waals surface area (Å²) in [5, 5.41) is 13.9. The summed E-state index contributed by atoms with van der Waals surface area (Å²) in [6.07, 6.45) is 2.54. The molecule has 0 bridgehead atoms. The Balaban J connectivity index is -0.000000392. The molecule has 0 aromatic carbocycles. The van der Waals surface area contributed by atoms with E-state index >= 15 is 0 Å². The van der Waals surface area contributed by atoms with Crippen LogP contribution in [-0.4, -0.2) is 35.4 Å². The van der Waals surface area contributed by atoms with Crippen molar-refractivity contribution in [3.05, 3.63) is 0 Å². The topological polar surface area (TPSA) is 124 Å². The molecule has 0 rings (SSSR count). The van der Waals surface area contributed by atoms with Crippen LogP contribution >= 0.6 is 0 Å². The van der Waals surface area contributed by atoms with Gasteiger partial charge in [0.2, 0.25) is 10.4 Å². The van der Waals surface area contributed by atoms with Crippen molar-refractivity contribution >= 4 is 16.6 Å². The standard InChI is InChI=1S/C8H18O4S.CH2O3.Na/c1-3-4-5-6-7-8(2)12-13(9,10)11;2-1(3)4;/h8H,3-7H2,1-2H3,(H,9,10,11);(H2,2,3,4);/q;;+1/p-1. The molecule has 0 aliphatic carbocycles. The average molecular weight is 294 g/mol. The molecule has 0 aliphatic rings. The van der Waals surface area contributed by atoms with Crippen LogP contribution in [-0.2, 0) is 14.6 Å². The summed E-state index contributed by atoms with van der Waals surface area (Å²) in [7, 11) is -4.52. The van der Waals surface area contributed by atoms with Gasteiger partial charge in [-0.2, -0.15) is 0 Å². The number of hydrogen-bond donors (Lipinski definition) is 2. The molecule has 2 N–H and O–H groups in total. The SMILES string of the molecule is CCCCCCC(C)OS(=O)(=O)[O-].O=C(O)O.[Na+]. The fraction of sp³-hybridized carbons (Fsp3) is 0.889. The van der Waals surface area contributed by atoms with Gasteiger partial charge in [0.25, 0.3) is 0 Å². The van der Waals surface area contributed by atoms with Gasteiger partial charge in [-0.05, 0) is 13.3 Å². The Morgan fingerprint density at radius 3 is 2.06 bits per heavy atom. The van der Waals surface area contributed by atoms with E-state index in [0.717, 1.165) is 25.7 Å². The maximum atomic E-state index is 10.2. The van der Waals surface area contributed by atoms with Crippen molar-refractivity contribution in [3.8, 4) is 0 Å². The average Bonchev–Trinajstić information content (AvgIpc) is 2.08. The summed E-state index contributed by atoms with van der Waals surface area (Å²) in [5.74, 6) is 0. The summed E-state index contributed by atoms with van der Waals surface area (Å²) >= 11 is 0. The number of carboxylic acid groups (broad SMARTS) is 2. The van der Waals surface area contributed by atoms with Crippen molar-refractivity contribution in [2.45, 2.75) is 52.1 Å². The first-order valence-corrected chi connectivity index (χ1v) is 6.58. The van der Waals surface area contributed by atoms with Gasteiger partial charge in [0.15, 0.2) is 0 Å². The van der Waals surface area contributed by atoms with E-state index in [9.17, 15) is 13.0 Å². The third kappa shape index (κ3) is 29.8. The third-order valence-corrected chi connectivity index (χ3v) is 2.31. The summed E-state index contributed by atoms with van der Waals surface area (Å²) < 4.78 is 34.7. The Hall–Kier alpha value is 0.140. The minimum Gasteiger partial charge on any atom is -0.726 e. The minimum absolute atomic E-state index is 0. The first-order valence-electron chi connectivity index (χ1n) is 5.25. The Kier molecular flexibility index (Phi) is 17.5. The summed E-state index contributed by atoms with van der Waals surface area (Å²) in [6.45, 7) is 3.70. The molecular formula is C9H19NaO7S. The molecular weight excluding hydrogens is 275 g/mol. The molecule has 1 atom stereocenters. The van der Waals surface area contributed by atoms with E-state index in [0.29, 0.717) is 6.42 Å². The molecule has 7 nitrogen and oxygen atoms in total. The molecule has 0 saturated carbocycles. The van der Waals surface area contributed by atoms with Crippen molar-refractivity contribution < 1.29 is 61.7 Å². The van der Waals surface area contributed by atoms with E-state index in [1.807, 2.05) is 0 Å². The zero-order valence-corrected chi connectivity index (χ0v) is 13.8. The number of carbonyl (C=O) groups is 1. The largest absolute Gasteiger partial charge is 1.00 e. The second kappa shape index (κ2) is 13.6. The van der Waals surface area contributed by atoms with Crippen molar-refractivity contribution in [2.75, 3.05) is 0 Å². The van der Waals surface area contributed by atoms with E-state index in [1.165, 1.54) is 0 Å². The summed E-state index contributed by atoms with van der Waals surface area (Å²) in [5.41, 5.74) is 0. The second-order valence-electron chi connectivity index (χ2n) is 3.45. The first-order chi connectivity index (χ1) is 7.69. The van der Waals surface area contributed by atoms with Crippen molar-refractivity contribution in [3.63, 3.8) is 0 Å². The van der Waals surface area contributed by atoms with Crippen LogP contribution in [0.2, 0.25) is 0 Å². The van der Waals surface area contributed by atoms with Crippen LogP contribution in [0.25, 0.3) is 0 Å². The zero-order valence-electron chi connectivity index (χ0n) is 11.0. The predicted octanol–water partition coefficient (Wildman–Crippen LogP) is -0.951. The quantitative estimate of drug-likeness (QED) is 0.268. The minimum atomic E-state index is -4.52. The van der Waals surface area contributed by atoms with Crippen molar-refractivity contribution in [1.82, 2.24) is 0 Å². The zero-order chi connectivity index (χ0) is 13.9. The van der Waals surface area contributed by atoms with Gasteiger partial charge in [0.1, 0.15) is 0 Å². The van der Waals surface area contributed by atoms with Gasteiger partial charge >= 0.3 is 35.7 Å². The summed E-state index contributed by atoms with van der Waals surface area (Å²) in [4.78, 5) is 8.56. The van der Waals surface area contributed by atoms with Gasteiger partial charge in [-0.3, -0.25) is 4.18 Å². The third-order valence-electron chi connectivity index (χ3n) is 1.75. The molecule has 0 saturated heterocycles. The van der Waals surface area contributed by atoms with Gasteiger partial charge in [-0.15, -0.1) is 0 Å². The monoisotopic (exact) mass is 294 g/mol. The fourth-order valence-electron chi connectivity index (χ4n) is 1.11. The molecule has 0 spiro atoms. The second-order valence-corrected chi connectivity index (χ2v) is 4.46. The Morgan fingerprint density at radius 1 is 1.28 bits per heavy atom. The fourth-order valence-corrected chi connectivity index (χ4v) is 1.61. The van der Waals surface area contributed by atoms with Crippen LogP contribution in [0, 0.1) is 0 Å². The summed E-state index contributed by atoms with van der Waals surface area (Å²) in [6, 6.07) is 0. The maximum Gasteiger partial charge on any atom is 1.00 e. The van der Waals surface area contributed by atoms with Gasteiger partial charge in [-0.25, -0.2) is 13.2 Å². The molecule has 9 heteroatoms. The van der Waals surface area contributed by atoms with Crippen LogP contribution in [0.5, 0.6) is 0 Å². The molecule has 0 aliphatic heterocycles. The van der Waals surface area contributed by atoms with Crippen molar-refractivity contribution in [1.29, 1.82) is 0 Å². The van der Waals surface area contributed by atoms with Gasteiger partial charge in [0.05, 0.1) is 6.10 Å². The van der Waals surface area contributed by atoms with Crippen LogP contribution in [0.1, 0.15) is 46.0 Å². The molecule has 1 unspecified atom stereocenters. The molecule has 104 valence electrons. The number of unbranched alkanes of at least 4 members (excludes halogenated alkanes) is 3. The Morgan fingerprint density at radius 2 is 1.72 bits per heavy atom. The van der Waals surface area contributed by atoms with E-state index in [-0.39, 0.29) is 29.6 Å². The van der Waals surface area contributed by atoms with Crippen LogP contribution in [0.4, 0.5) is 4.79 Å². The smallest absolute Gasteiger partial charge is 0.726 e. The maximum absolute atomic E-state index is 10.2. The predicted molar refractivity (Wildman–Crippen MR) is 59.7 cm³/mol. The van der Waals surface area contributed by atoms with Crippen molar-refractivity contribution in [2.24, 2.45) is 0 Å². The van der Waals surface area contributed by atoms with Gasteiger partial charge in [0, 0.05) is 0 Å². The molecule has 0 heterocycles. The van der Waals surface area contributed by atoms with E-state index < -0.39 is 22.7 Å². The van der Waals surface area contributed by atoms with Crippen LogP contribution in [0.3, 0.4) is 0 Å². The van der Waals surface area contributed by atoms with Crippen LogP contribution in [0.15, 0.2) is 0 Å². The van der Waals surface area contributed by atoms with E-state index in [1.54, 1.807) is 6.92 Å². The van der Waals surface area contributed by atoms with Gasteiger partial charge < -0.3 is 14.8 Å². The molecule has 0 aromatic heterocycles.